The minimum atomic E-state index is -3.54. The number of sulfonamides is 1. The van der Waals surface area contributed by atoms with E-state index in [1.54, 1.807) is 35.2 Å². The molecule has 150 valence electrons. The number of hydrogen-bond donors (Lipinski definition) is 0. The van der Waals surface area contributed by atoms with Gasteiger partial charge in [-0.15, -0.1) is 0 Å². The summed E-state index contributed by atoms with van der Waals surface area (Å²) in [5, 5.41) is 0. The van der Waals surface area contributed by atoms with Crippen molar-refractivity contribution >= 4 is 16.1 Å². The number of morpholine rings is 1. The van der Waals surface area contributed by atoms with Crippen LogP contribution in [0.25, 0.3) is 0 Å². The maximum absolute atomic E-state index is 12.9. The van der Waals surface area contributed by atoms with Crippen molar-refractivity contribution in [2.45, 2.75) is 49.7 Å². The molecule has 0 N–H and O–H groups in total. The van der Waals surface area contributed by atoms with Crippen molar-refractivity contribution in [3.8, 4) is 0 Å². The average molecular weight is 397 g/mol. The summed E-state index contributed by atoms with van der Waals surface area (Å²) in [6.45, 7) is 7.52. The number of benzene rings is 1. The average Bonchev–Trinajstić information content (AvgIpc) is 2.62. The van der Waals surface area contributed by atoms with E-state index in [9.17, 15) is 13.2 Å². The summed E-state index contributed by atoms with van der Waals surface area (Å²) in [6.07, 6.45) is 0.849. The second kappa shape index (κ2) is 7.41. The number of nitrogens with zero attached hydrogens (tertiary/aromatic N) is 2. The fourth-order valence-electron chi connectivity index (χ4n) is 3.48. The van der Waals surface area contributed by atoms with Crippen molar-refractivity contribution < 1.29 is 22.7 Å². The molecule has 0 unspecified atom stereocenters. The SMILES string of the molecule is CC(C)(C)OC(=O)N1CCC2(CC1)CN(S(=O)(=O)c1ccccc1)CCO2. The van der Waals surface area contributed by atoms with Gasteiger partial charge in [0.05, 0.1) is 17.1 Å². The number of piperidine rings is 1. The molecular formula is C19H28N2O5S. The van der Waals surface area contributed by atoms with Crippen LogP contribution in [0.3, 0.4) is 0 Å². The van der Waals surface area contributed by atoms with E-state index in [1.165, 1.54) is 4.31 Å². The highest BCUT2D eigenvalue weighted by Crippen LogP contribution is 2.33. The molecule has 1 aromatic rings. The van der Waals surface area contributed by atoms with E-state index in [1.807, 2.05) is 20.8 Å². The normalized spacial score (nSPS) is 21.2. The smallest absolute Gasteiger partial charge is 0.410 e. The van der Waals surface area contributed by atoms with Crippen LogP contribution >= 0.6 is 0 Å². The van der Waals surface area contributed by atoms with Crippen LogP contribution in [-0.4, -0.2) is 67.7 Å². The molecule has 8 heteroatoms. The Bertz CT molecular complexity index is 765. The van der Waals surface area contributed by atoms with E-state index in [4.69, 9.17) is 9.47 Å². The Hall–Kier alpha value is -1.64. The second-order valence-corrected chi connectivity index (χ2v) is 10.1. The molecule has 1 spiro atoms. The Labute approximate surface area is 161 Å². The van der Waals surface area contributed by atoms with E-state index in [0.29, 0.717) is 50.5 Å². The molecule has 0 aliphatic carbocycles. The van der Waals surface area contributed by atoms with E-state index in [-0.39, 0.29) is 6.09 Å². The van der Waals surface area contributed by atoms with Gasteiger partial charge in [0.2, 0.25) is 10.0 Å². The van der Waals surface area contributed by atoms with Crippen LogP contribution in [-0.2, 0) is 19.5 Å². The van der Waals surface area contributed by atoms with E-state index < -0.39 is 21.2 Å². The third-order valence-corrected chi connectivity index (χ3v) is 6.78. The van der Waals surface area contributed by atoms with E-state index in [2.05, 4.69) is 0 Å². The van der Waals surface area contributed by atoms with Crippen LogP contribution in [0.4, 0.5) is 4.79 Å². The first kappa shape index (κ1) is 20.1. The number of likely N-dealkylation sites (tertiary alicyclic amines) is 1. The highest BCUT2D eigenvalue weighted by atomic mass is 32.2. The van der Waals surface area contributed by atoms with Crippen LogP contribution in [0.15, 0.2) is 35.2 Å². The van der Waals surface area contributed by atoms with Crippen molar-refractivity contribution in [2.75, 3.05) is 32.8 Å². The zero-order chi connectivity index (χ0) is 19.7. The second-order valence-electron chi connectivity index (χ2n) is 8.15. The Balaban J connectivity index is 1.66. The molecule has 2 fully saturated rings. The Kier molecular flexibility index (Phi) is 5.52. The quantitative estimate of drug-likeness (QED) is 0.768. The van der Waals surface area contributed by atoms with Gasteiger partial charge in [-0.1, -0.05) is 18.2 Å². The Morgan fingerprint density at radius 1 is 1.11 bits per heavy atom. The molecule has 27 heavy (non-hydrogen) atoms. The lowest BCUT2D eigenvalue weighted by Crippen LogP contribution is -2.58. The number of rotatable bonds is 2. The van der Waals surface area contributed by atoms with Crippen LogP contribution < -0.4 is 0 Å². The minimum Gasteiger partial charge on any atom is -0.444 e. The molecule has 3 rings (SSSR count). The summed E-state index contributed by atoms with van der Waals surface area (Å²) in [5.41, 5.74) is -1.08. The predicted octanol–water partition coefficient (Wildman–Crippen LogP) is 2.48. The van der Waals surface area contributed by atoms with Crippen LogP contribution in [0.1, 0.15) is 33.6 Å². The first-order valence-electron chi connectivity index (χ1n) is 9.29. The molecule has 2 saturated heterocycles. The predicted molar refractivity (Wildman–Crippen MR) is 101 cm³/mol. The first-order chi connectivity index (χ1) is 12.6. The van der Waals surface area contributed by atoms with Crippen LogP contribution in [0.5, 0.6) is 0 Å². The standard InChI is InChI=1S/C19H28N2O5S/c1-18(2,3)26-17(22)20-11-9-19(10-12-20)15-21(13-14-25-19)27(23,24)16-7-5-4-6-8-16/h4-8H,9-15H2,1-3H3. The van der Waals surface area contributed by atoms with E-state index >= 15 is 0 Å². The molecule has 0 bridgehead atoms. The molecule has 0 radical (unpaired) electrons. The fraction of sp³-hybridized carbons (Fsp3) is 0.632. The maximum atomic E-state index is 12.9. The largest absolute Gasteiger partial charge is 0.444 e. The highest BCUT2D eigenvalue weighted by molar-refractivity contribution is 7.89. The van der Waals surface area contributed by atoms with Gasteiger partial charge in [0, 0.05) is 26.2 Å². The molecule has 2 heterocycles. The van der Waals surface area contributed by atoms with Gasteiger partial charge in [0.15, 0.2) is 0 Å². The molecule has 7 nitrogen and oxygen atoms in total. The third kappa shape index (κ3) is 4.62. The Morgan fingerprint density at radius 3 is 2.33 bits per heavy atom. The zero-order valence-corrected chi connectivity index (χ0v) is 17.0. The molecule has 0 saturated carbocycles. The van der Waals surface area contributed by atoms with Gasteiger partial charge < -0.3 is 14.4 Å². The van der Waals surface area contributed by atoms with Gasteiger partial charge in [-0.3, -0.25) is 0 Å². The zero-order valence-electron chi connectivity index (χ0n) is 16.2. The summed E-state index contributed by atoms with van der Waals surface area (Å²) < 4.78 is 38.8. The van der Waals surface area contributed by atoms with E-state index in [0.717, 1.165) is 0 Å². The van der Waals surface area contributed by atoms with Crippen molar-refractivity contribution in [3.63, 3.8) is 0 Å². The lowest BCUT2D eigenvalue weighted by Gasteiger charge is -2.46. The van der Waals surface area contributed by atoms with Gasteiger partial charge in [0.1, 0.15) is 5.60 Å². The van der Waals surface area contributed by atoms with Crippen LogP contribution in [0, 0.1) is 0 Å². The summed E-state index contributed by atoms with van der Waals surface area (Å²) in [5.74, 6) is 0. The summed E-state index contributed by atoms with van der Waals surface area (Å²) in [7, 11) is -3.54. The van der Waals surface area contributed by atoms with Crippen molar-refractivity contribution in [2.24, 2.45) is 0 Å². The maximum Gasteiger partial charge on any atom is 0.410 e. The van der Waals surface area contributed by atoms with Gasteiger partial charge in [-0.05, 0) is 45.7 Å². The molecule has 0 atom stereocenters. The number of carbonyl (C=O) groups excluding carboxylic acids is 1. The molecule has 2 aliphatic heterocycles. The van der Waals surface area contributed by atoms with Crippen molar-refractivity contribution in [3.05, 3.63) is 30.3 Å². The Morgan fingerprint density at radius 2 is 1.74 bits per heavy atom. The number of hydrogen-bond acceptors (Lipinski definition) is 5. The number of amides is 1. The molecule has 1 amide bonds. The first-order valence-corrected chi connectivity index (χ1v) is 10.7. The minimum absolute atomic E-state index is 0.299. The molecule has 1 aromatic carbocycles. The van der Waals surface area contributed by atoms with Gasteiger partial charge in [-0.2, -0.15) is 4.31 Å². The lowest BCUT2D eigenvalue weighted by atomic mass is 9.90. The number of ether oxygens (including phenoxy) is 2. The van der Waals surface area contributed by atoms with Crippen LogP contribution in [0.2, 0.25) is 0 Å². The summed E-state index contributed by atoms with van der Waals surface area (Å²) in [4.78, 5) is 14.2. The van der Waals surface area contributed by atoms with Crippen molar-refractivity contribution in [1.82, 2.24) is 9.21 Å². The lowest BCUT2D eigenvalue weighted by molar-refractivity contribution is -0.118. The number of carbonyl (C=O) groups is 1. The molecular weight excluding hydrogens is 368 g/mol. The third-order valence-electron chi connectivity index (χ3n) is 4.92. The van der Waals surface area contributed by atoms with Crippen molar-refractivity contribution in [1.29, 1.82) is 0 Å². The van der Waals surface area contributed by atoms with Gasteiger partial charge in [-0.25, -0.2) is 13.2 Å². The monoisotopic (exact) mass is 396 g/mol. The van der Waals surface area contributed by atoms with Gasteiger partial charge in [0.25, 0.3) is 0 Å². The van der Waals surface area contributed by atoms with Gasteiger partial charge >= 0.3 is 6.09 Å². The topological polar surface area (TPSA) is 76.2 Å². The molecule has 0 aromatic heterocycles. The summed E-state index contributed by atoms with van der Waals surface area (Å²) >= 11 is 0. The molecule has 2 aliphatic rings. The fourth-order valence-corrected chi connectivity index (χ4v) is 5.00. The highest BCUT2D eigenvalue weighted by Gasteiger charge is 2.44. The summed E-state index contributed by atoms with van der Waals surface area (Å²) in [6, 6.07) is 8.47.